The van der Waals surface area contributed by atoms with E-state index < -0.39 is 0 Å². The Kier molecular flexibility index (Phi) is 4.36. The maximum Gasteiger partial charge on any atom is 0.124 e. The molecule has 2 heterocycles. The number of alkyl halides is 1. The number of methoxy groups -OCH3 is 1. The summed E-state index contributed by atoms with van der Waals surface area (Å²) < 4.78 is 7.53. The van der Waals surface area contributed by atoms with Gasteiger partial charge in [-0.3, -0.25) is 4.90 Å². The second-order valence-electron chi connectivity index (χ2n) is 5.72. The minimum absolute atomic E-state index is 0.434. The highest BCUT2D eigenvalue weighted by atomic mass is 35.5. The molecule has 1 aliphatic rings. The molecule has 114 valence electrons. The van der Waals surface area contributed by atoms with Crippen LogP contribution in [-0.4, -0.2) is 40.7 Å². The van der Waals surface area contributed by atoms with Gasteiger partial charge in [0.15, 0.2) is 0 Å². The number of hydrogen-bond acceptors (Lipinski definition) is 3. The Hall–Kier alpha value is -1.26. The summed E-state index contributed by atoms with van der Waals surface area (Å²) in [7, 11) is 1.68. The number of nitrogens with zero attached hydrogens (tertiary/aromatic N) is 3. The summed E-state index contributed by atoms with van der Waals surface area (Å²) in [5, 5.41) is 0. The number of hydrogen-bond donors (Lipinski definition) is 0. The lowest BCUT2D eigenvalue weighted by Crippen LogP contribution is -2.34. The molecular formula is C16H22ClN3O. The third-order valence-electron chi connectivity index (χ3n) is 4.36. The maximum absolute atomic E-state index is 6.09. The average molecular weight is 308 g/mol. The lowest BCUT2D eigenvalue weighted by Gasteiger charge is -2.25. The minimum Gasteiger partial charge on any atom is -0.497 e. The Morgan fingerprint density at radius 1 is 1.33 bits per heavy atom. The maximum atomic E-state index is 6.09. The molecule has 0 amide bonds. The van der Waals surface area contributed by atoms with Gasteiger partial charge in [-0.05, 0) is 45.0 Å². The zero-order chi connectivity index (χ0) is 14.8. The summed E-state index contributed by atoms with van der Waals surface area (Å²) in [5.74, 6) is 2.20. The van der Waals surface area contributed by atoms with Gasteiger partial charge in [-0.15, -0.1) is 11.6 Å². The topological polar surface area (TPSA) is 30.3 Å². The molecule has 5 heteroatoms. The first-order valence-corrected chi connectivity index (χ1v) is 8.09. The molecule has 2 aromatic rings. The van der Waals surface area contributed by atoms with Crippen molar-refractivity contribution in [1.82, 2.24) is 14.5 Å². The van der Waals surface area contributed by atoms with Gasteiger partial charge in [0.2, 0.25) is 0 Å². The van der Waals surface area contributed by atoms with Gasteiger partial charge in [0, 0.05) is 18.7 Å². The molecule has 21 heavy (non-hydrogen) atoms. The predicted molar refractivity (Wildman–Crippen MR) is 86.1 cm³/mol. The normalized spacial score (nSPS) is 17.5. The van der Waals surface area contributed by atoms with Crippen LogP contribution in [0.15, 0.2) is 18.2 Å². The third-order valence-corrected chi connectivity index (χ3v) is 4.60. The zero-order valence-electron chi connectivity index (χ0n) is 12.7. The molecule has 3 rings (SSSR count). The fraction of sp³-hybridized carbons (Fsp3) is 0.562. The van der Waals surface area contributed by atoms with Crippen molar-refractivity contribution < 1.29 is 4.74 Å². The van der Waals surface area contributed by atoms with E-state index in [2.05, 4.69) is 27.4 Å². The van der Waals surface area contributed by atoms with Crippen LogP contribution in [0.1, 0.15) is 25.6 Å². The lowest BCUT2D eigenvalue weighted by molar-refractivity contribution is 0.236. The second kappa shape index (κ2) is 6.24. The summed E-state index contributed by atoms with van der Waals surface area (Å²) in [4.78, 5) is 7.20. The first-order valence-electron chi connectivity index (χ1n) is 7.56. The largest absolute Gasteiger partial charge is 0.497 e. The van der Waals surface area contributed by atoms with Crippen molar-refractivity contribution in [2.75, 3.05) is 20.2 Å². The van der Waals surface area contributed by atoms with Gasteiger partial charge in [-0.2, -0.15) is 0 Å². The highest BCUT2D eigenvalue weighted by molar-refractivity contribution is 6.16. The van der Waals surface area contributed by atoms with Crippen molar-refractivity contribution in [1.29, 1.82) is 0 Å². The summed E-state index contributed by atoms with van der Waals surface area (Å²) in [6, 6.07) is 6.55. The first-order chi connectivity index (χ1) is 10.2. The molecule has 0 saturated carbocycles. The number of fused-ring (bicyclic) bond motifs is 1. The number of halogens is 1. The van der Waals surface area contributed by atoms with E-state index in [-0.39, 0.29) is 0 Å². The highest BCUT2D eigenvalue weighted by Crippen LogP contribution is 2.24. The summed E-state index contributed by atoms with van der Waals surface area (Å²) in [6.07, 6.45) is 2.63. The van der Waals surface area contributed by atoms with Crippen molar-refractivity contribution >= 4 is 22.6 Å². The van der Waals surface area contributed by atoms with E-state index in [1.807, 2.05) is 12.1 Å². The predicted octanol–water partition coefficient (Wildman–Crippen LogP) is 3.27. The van der Waals surface area contributed by atoms with Crippen LogP contribution in [0.25, 0.3) is 11.0 Å². The SMILES string of the molecule is COc1ccc2c(c1)nc(CCl)n2CC(C)N1CCCC1. The average Bonchev–Trinajstić information content (AvgIpc) is 3.14. The van der Waals surface area contributed by atoms with Crippen LogP contribution in [0.2, 0.25) is 0 Å². The molecule has 1 saturated heterocycles. The molecule has 1 unspecified atom stereocenters. The number of rotatable bonds is 5. The van der Waals surface area contributed by atoms with E-state index in [4.69, 9.17) is 16.3 Å². The Morgan fingerprint density at radius 2 is 2.10 bits per heavy atom. The van der Waals surface area contributed by atoms with Crippen LogP contribution in [0.4, 0.5) is 0 Å². The van der Waals surface area contributed by atoms with Crippen LogP contribution in [0.5, 0.6) is 5.75 Å². The molecule has 1 aliphatic heterocycles. The molecule has 1 atom stereocenters. The van der Waals surface area contributed by atoms with Crippen LogP contribution < -0.4 is 4.74 Å². The van der Waals surface area contributed by atoms with E-state index in [0.717, 1.165) is 29.2 Å². The van der Waals surface area contributed by atoms with Crippen LogP contribution >= 0.6 is 11.6 Å². The van der Waals surface area contributed by atoms with Gasteiger partial charge < -0.3 is 9.30 Å². The molecule has 0 spiro atoms. The van der Waals surface area contributed by atoms with Gasteiger partial charge in [0.25, 0.3) is 0 Å². The summed E-state index contributed by atoms with van der Waals surface area (Å²) in [6.45, 7) is 5.64. The number of ether oxygens (including phenoxy) is 1. The summed E-state index contributed by atoms with van der Waals surface area (Å²) >= 11 is 6.09. The van der Waals surface area contributed by atoms with Crippen molar-refractivity contribution in [2.24, 2.45) is 0 Å². The molecule has 1 aromatic carbocycles. The van der Waals surface area contributed by atoms with Crippen LogP contribution in [0.3, 0.4) is 0 Å². The minimum atomic E-state index is 0.434. The second-order valence-corrected chi connectivity index (χ2v) is 5.99. The number of aromatic nitrogens is 2. The lowest BCUT2D eigenvalue weighted by atomic mass is 10.2. The van der Waals surface area contributed by atoms with Crippen LogP contribution in [-0.2, 0) is 12.4 Å². The standard InChI is InChI=1S/C16H22ClN3O/c1-12(19-7-3-4-8-19)11-20-15-6-5-13(21-2)9-14(15)18-16(20)10-17/h5-6,9,12H,3-4,7-8,10-11H2,1-2H3. The van der Waals surface area contributed by atoms with Crippen molar-refractivity contribution in [3.05, 3.63) is 24.0 Å². The first kappa shape index (κ1) is 14.7. The monoisotopic (exact) mass is 307 g/mol. The molecule has 1 fully saturated rings. The number of imidazole rings is 1. The Morgan fingerprint density at radius 3 is 2.76 bits per heavy atom. The third kappa shape index (κ3) is 2.87. The van der Waals surface area contributed by atoms with Gasteiger partial charge in [0.1, 0.15) is 11.6 Å². The molecule has 0 aliphatic carbocycles. The van der Waals surface area contributed by atoms with Crippen molar-refractivity contribution in [3.8, 4) is 5.75 Å². The molecule has 0 bridgehead atoms. The quantitative estimate of drug-likeness (QED) is 0.794. The molecular weight excluding hydrogens is 286 g/mol. The van der Waals surface area contributed by atoms with Gasteiger partial charge in [0.05, 0.1) is 24.0 Å². The Balaban J connectivity index is 1.92. The van der Waals surface area contributed by atoms with E-state index in [0.29, 0.717) is 11.9 Å². The molecule has 0 radical (unpaired) electrons. The van der Waals surface area contributed by atoms with Crippen molar-refractivity contribution in [3.63, 3.8) is 0 Å². The number of likely N-dealkylation sites (tertiary alicyclic amines) is 1. The Labute approximate surface area is 130 Å². The highest BCUT2D eigenvalue weighted by Gasteiger charge is 2.20. The van der Waals surface area contributed by atoms with E-state index in [1.54, 1.807) is 7.11 Å². The van der Waals surface area contributed by atoms with Gasteiger partial charge >= 0.3 is 0 Å². The van der Waals surface area contributed by atoms with E-state index in [9.17, 15) is 0 Å². The van der Waals surface area contributed by atoms with Crippen LogP contribution in [0, 0.1) is 0 Å². The Bertz CT molecular complexity index is 619. The summed E-state index contributed by atoms with van der Waals surface area (Å²) in [5.41, 5.74) is 2.09. The van der Waals surface area contributed by atoms with Gasteiger partial charge in [-0.1, -0.05) is 0 Å². The van der Waals surface area contributed by atoms with Crippen molar-refractivity contribution in [2.45, 2.75) is 38.2 Å². The molecule has 0 N–H and O–H groups in total. The number of benzene rings is 1. The van der Waals surface area contributed by atoms with Gasteiger partial charge in [-0.25, -0.2) is 4.98 Å². The van der Waals surface area contributed by atoms with E-state index >= 15 is 0 Å². The fourth-order valence-corrected chi connectivity index (χ4v) is 3.36. The fourth-order valence-electron chi connectivity index (χ4n) is 3.15. The smallest absolute Gasteiger partial charge is 0.124 e. The van der Waals surface area contributed by atoms with E-state index in [1.165, 1.54) is 25.9 Å². The molecule has 1 aromatic heterocycles. The zero-order valence-corrected chi connectivity index (χ0v) is 13.4. The molecule has 4 nitrogen and oxygen atoms in total.